The van der Waals surface area contributed by atoms with Crippen LogP contribution in [0, 0.1) is 12.8 Å². The normalized spacial score (nSPS) is 15.2. The highest BCUT2D eigenvalue weighted by molar-refractivity contribution is 9.08. The summed E-state index contributed by atoms with van der Waals surface area (Å²) in [5, 5.41) is 0.953. The Balaban J connectivity index is 2.19. The van der Waals surface area contributed by atoms with E-state index < -0.39 is 0 Å². The van der Waals surface area contributed by atoms with Crippen molar-refractivity contribution in [1.29, 1.82) is 0 Å². The van der Waals surface area contributed by atoms with Crippen molar-refractivity contribution >= 4 is 21.6 Å². The zero-order chi connectivity index (χ0) is 13.1. The fraction of sp³-hybridized carbons (Fsp3) is 0.625. The molecule has 0 amide bonds. The number of aryl methyl sites for hydroxylation is 1. The molecule has 0 bridgehead atoms. The van der Waals surface area contributed by atoms with Crippen LogP contribution in [0.1, 0.15) is 44.2 Å². The predicted molar refractivity (Wildman–Crippen MR) is 83.6 cm³/mol. The van der Waals surface area contributed by atoms with Gasteiger partial charge in [0.1, 0.15) is 0 Å². The minimum Gasteiger partial charge on any atom is -0.368 e. The number of rotatable bonds is 6. The van der Waals surface area contributed by atoms with Gasteiger partial charge in [-0.1, -0.05) is 47.5 Å². The van der Waals surface area contributed by atoms with E-state index in [1.807, 2.05) is 0 Å². The minimum atomic E-state index is 0.782. The van der Waals surface area contributed by atoms with Gasteiger partial charge < -0.3 is 4.90 Å². The summed E-state index contributed by atoms with van der Waals surface area (Å²) in [6.45, 7) is 7.99. The van der Waals surface area contributed by atoms with Crippen molar-refractivity contribution in [1.82, 2.24) is 0 Å². The first-order valence-electron chi connectivity index (χ1n) is 7.04. The van der Waals surface area contributed by atoms with Crippen LogP contribution in [0.3, 0.4) is 0 Å². The van der Waals surface area contributed by atoms with Gasteiger partial charge in [0, 0.05) is 23.6 Å². The third-order valence-electron chi connectivity index (χ3n) is 3.62. The molecule has 1 nitrogen and oxygen atoms in total. The van der Waals surface area contributed by atoms with Crippen molar-refractivity contribution in [3.05, 3.63) is 29.3 Å². The Morgan fingerprint density at radius 3 is 2.61 bits per heavy atom. The summed E-state index contributed by atoms with van der Waals surface area (Å²) in [7, 11) is 0. The zero-order valence-corrected chi connectivity index (χ0v) is 13.3. The Hall–Kier alpha value is -0.500. The lowest BCUT2D eigenvalue weighted by atomic mass is 10.1. The van der Waals surface area contributed by atoms with Crippen LogP contribution in [0.5, 0.6) is 0 Å². The molecular formula is C16H24BrN. The zero-order valence-electron chi connectivity index (χ0n) is 11.7. The third-order valence-corrected chi connectivity index (χ3v) is 4.23. The van der Waals surface area contributed by atoms with E-state index in [4.69, 9.17) is 0 Å². The molecule has 0 N–H and O–H groups in total. The van der Waals surface area contributed by atoms with E-state index in [0.29, 0.717) is 0 Å². The molecule has 100 valence electrons. The monoisotopic (exact) mass is 309 g/mol. The number of hydrogen-bond donors (Lipinski definition) is 0. The lowest BCUT2D eigenvalue weighted by Gasteiger charge is -2.28. The van der Waals surface area contributed by atoms with Gasteiger partial charge in [0.2, 0.25) is 0 Å². The highest BCUT2D eigenvalue weighted by Crippen LogP contribution is 2.35. The molecule has 0 saturated heterocycles. The molecule has 1 aliphatic rings. The summed E-state index contributed by atoms with van der Waals surface area (Å²) >= 11 is 3.63. The summed E-state index contributed by atoms with van der Waals surface area (Å²) < 4.78 is 0. The molecular weight excluding hydrogens is 286 g/mol. The summed E-state index contributed by atoms with van der Waals surface area (Å²) in [5.74, 6) is 0.782. The smallest absolute Gasteiger partial charge is 0.0410 e. The third kappa shape index (κ3) is 3.50. The van der Waals surface area contributed by atoms with Crippen LogP contribution in [0.2, 0.25) is 0 Å². The second kappa shape index (κ2) is 6.10. The van der Waals surface area contributed by atoms with Gasteiger partial charge in [-0.3, -0.25) is 0 Å². The first-order valence-corrected chi connectivity index (χ1v) is 8.16. The van der Waals surface area contributed by atoms with Gasteiger partial charge >= 0.3 is 0 Å². The SMILES string of the molecule is Cc1ccc(N(CCC(C)C)C2CC2)c(CBr)c1. The molecule has 1 fully saturated rings. The van der Waals surface area contributed by atoms with Gasteiger partial charge in [-0.2, -0.15) is 0 Å². The highest BCUT2D eigenvalue weighted by atomic mass is 79.9. The van der Waals surface area contributed by atoms with Crippen molar-refractivity contribution in [3.8, 4) is 0 Å². The Morgan fingerprint density at radius 1 is 1.33 bits per heavy atom. The number of nitrogens with zero attached hydrogens (tertiary/aromatic N) is 1. The Bertz CT molecular complexity index is 396. The fourth-order valence-electron chi connectivity index (χ4n) is 2.38. The minimum absolute atomic E-state index is 0.782. The van der Waals surface area contributed by atoms with E-state index in [-0.39, 0.29) is 0 Å². The summed E-state index contributed by atoms with van der Waals surface area (Å²) in [6, 6.07) is 7.66. The van der Waals surface area contributed by atoms with Crippen LogP contribution in [0.4, 0.5) is 5.69 Å². The number of halogens is 1. The topological polar surface area (TPSA) is 3.24 Å². The maximum absolute atomic E-state index is 3.63. The number of anilines is 1. The average Bonchev–Trinajstić information content (AvgIpc) is 3.15. The molecule has 0 radical (unpaired) electrons. The standard InChI is InChI=1S/C16H24BrN/c1-12(2)8-9-18(15-5-6-15)16-7-4-13(3)10-14(16)11-17/h4,7,10,12,15H,5-6,8-9,11H2,1-3H3. The molecule has 0 unspecified atom stereocenters. The number of benzene rings is 1. The van der Waals surface area contributed by atoms with Gasteiger partial charge in [-0.05, 0) is 43.7 Å². The molecule has 2 rings (SSSR count). The van der Waals surface area contributed by atoms with Gasteiger partial charge in [-0.15, -0.1) is 0 Å². The largest absolute Gasteiger partial charge is 0.368 e. The van der Waals surface area contributed by atoms with Crippen LogP contribution in [0.15, 0.2) is 18.2 Å². The molecule has 0 atom stereocenters. The van der Waals surface area contributed by atoms with Crippen molar-refractivity contribution in [2.75, 3.05) is 11.4 Å². The van der Waals surface area contributed by atoms with Gasteiger partial charge in [0.15, 0.2) is 0 Å². The Kier molecular flexibility index (Phi) is 4.71. The van der Waals surface area contributed by atoms with Crippen LogP contribution in [-0.2, 0) is 5.33 Å². The number of alkyl halides is 1. The molecule has 1 aliphatic carbocycles. The van der Waals surface area contributed by atoms with E-state index in [1.54, 1.807) is 0 Å². The molecule has 2 heteroatoms. The maximum Gasteiger partial charge on any atom is 0.0410 e. The molecule has 1 saturated carbocycles. The molecule has 1 aromatic carbocycles. The second-order valence-corrected chi connectivity index (χ2v) is 6.43. The molecule has 18 heavy (non-hydrogen) atoms. The van der Waals surface area contributed by atoms with Gasteiger partial charge in [-0.25, -0.2) is 0 Å². The Labute approximate surface area is 120 Å². The van der Waals surface area contributed by atoms with E-state index in [1.165, 1.54) is 42.6 Å². The second-order valence-electron chi connectivity index (χ2n) is 5.87. The van der Waals surface area contributed by atoms with E-state index >= 15 is 0 Å². The summed E-state index contributed by atoms with van der Waals surface area (Å²) in [4.78, 5) is 2.63. The number of hydrogen-bond acceptors (Lipinski definition) is 1. The fourth-order valence-corrected chi connectivity index (χ4v) is 2.83. The lowest BCUT2D eigenvalue weighted by molar-refractivity contribution is 0.570. The molecule has 1 aromatic rings. The van der Waals surface area contributed by atoms with Gasteiger partial charge in [0.25, 0.3) is 0 Å². The van der Waals surface area contributed by atoms with Crippen LogP contribution >= 0.6 is 15.9 Å². The highest BCUT2D eigenvalue weighted by Gasteiger charge is 2.30. The van der Waals surface area contributed by atoms with Crippen molar-refractivity contribution in [3.63, 3.8) is 0 Å². The summed E-state index contributed by atoms with van der Waals surface area (Å²) in [6.07, 6.45) is 4.02. The maximum atomic E-state index is 3.63. The van der Waals surface area contributed by atoms with Crippen molar-refractivity contribution in [2.45, 2.75) is 51.4 Å². The Morgan fingerprint density at radius 2 is 2.06 bits per heavy atom. The first kappa shape index (κ1) is 13.9. The molecule has 0 aromatic heterocycles. The lowest BCUT2D eigenvalue weighted by Crippen LogP contribution is -2.28. The molecule has 0 aliphatic heterocycles. The van der Waals surface area contributed by atoms with E-state index in [0.717, 1.165) is 17.3 Å². The molecule has 0 heterocycles. The van der Waals surface area contributed by atoms with Crippen LogP contribution < -0.4 is 4.90 Å². The van der Waals surface area contributed by atoms with Crippen molar-refractivity contribution in [2.24, 2.45) is 5.92 Å². The quantitative estimate of drug-likeness (QED) is 0.675. The first-order chi connectivity index (χ1) is 8.61. The average molecular weight is 310 g/mol. The summed E-state index contributed by atoms with van der Waals surface area (Å²) in [5.41, 5.74) is 4.24. The van der Waals surface area contributed by atoms with Crippen LogP contribution in [0.25, 0.3) is 0 Å². The van der Waals surface area contributed by atoms with Crippen molar-refractivity contribution < 1.29 is 0 Å². The molecule has 0 spiro atoms. The van der Waals surface area contributed by atoms with E-state index in [2.05, 4.69) is 59.8 Å². The predicted octanol–water partition coefficient (Wildman–Crippen LogP) is 4.90. The van der Waals surface area contributed by atoms with E-state index in [9.17, 15) is 0 Å². The van der Waals surface area contributed by atoms with Gasteiger partial charge in [0.05, 0.1) is 0 Å². The van der Waals surface area contributed by atoms with Crippen LogP contribution in [-0.4, -0.2) is 12.6 Å².